The van der Waals surface area contributed by atoms with Gasteiger partial charge in [0.25, 0.3) is 0 Å². The second-order valence-corrected chi connectivity index (χ2v) is 9.03. The lowest BCUT2D eigenvalue weighted by Gasteiger charge is -2.16. The van der Waals surface area contributed by atoms with Crippen LogP contribution in [0.25, 0.3) is 0 Å². The van der Waals surface area contributed by atoms with Crippen molar-refractivity contribution in [3.8, 4) is 5.75 Å². The van der Waals surface area contributed by atoms with Crippen LogP contribution in [0.1, 0.15) is 27.2 Å². The minimum Gasteiger partial charge on any atom is -0.508 e. The van der Waals surface area contributed by atoms with Gasteiger partial charge in [0.15, 0.2) is 0 Å². The molecular weight excluding hydrogens is 400 g/mol. The summed E-state index contributed by atoms with van der Waals surface area (Å²) in [6.45, 7) is 3.04. The van der Waals surface area contributed by atoms with E-state index in [1.807, 2.05) is 0 Å². The minimum absolute atomic E-state index is 0.0301. The summed E-state index contributed by atoms with van der Waals surface area (Å²) < 4.78 is 7.15. The van der Waals surface area contributed by atoms with Gasteiger partial charge in [0, 0.05) is 36.7 Å². The minimum atomic E-state index is -0.874. The third-order valence-corrected chi connectivity index (χ3v) is 6.56. The first-order valence-electron chi connectivity index (χ1n) is 9.22. The molecule has 2 amide bonds. The van der Waals surface area contributed by atoms with Gasteiger partial charge in [-0.25, -0.2) is 0 Å². The quantitative estimate of drug-likeness (QED) is 0.248. The van der Waals surface area contributed by atoms with Crippen LogP contribution in [0.3, 0.4) is 0 Å². The molecule has 0 saturated heterocycles. The summed E-state index contributed by atoms with van der Waals surface area (Å²) in [7, 11) is 2.67. The number of carbonyl (C=O) groups excluding carboxylic acids is 4. The van der Waals surface area contributed by atoms with Crippen molar-refractivity contribution in [2.24, 2.45) is 17.6 Å². The molecule has 0 aliphatic heterocycles. The molecule has 0 heterocycles. The second kappa shape index (κ2) is 12.5. The van der Waals surface area contributed by atoms with E-state index in [2.05, 4.69) is 5.32 Å². The third-order valence-electron chi connectivity index (χ3n) is 3.97. The number of benzene rings is 1. The van der Waals surface area contributed by atoms with Crippen LogP contribution in [0.15, 0.2) is 24.3 Å². The molecule has 0 fully saturated rings. The van der Waals surface area contributed by atoms with Crippen LogP contribution < -0.4 is 11.1 Å². The molecule has 28 heavy (non-hydrogen) atoms. The highest BCUT2D eigenvalue weighted by atomic mass is 33.1. The summed E-state index contributed by atoms with van der Waals surface area (Å²) in [6.07, 6.45) is -0.515. The Morgan fingerprint density at radius 2 is 1.86 bits per heavy atom. The summed E-state index contributed by atoms with van der Waals surface area (Å²) in [5.74, 6) is -1.14. The smallest absolute Gasteiger partial charge is 0.221 e. The monoisotopic (exact) mass is 427 g/mol. The van der Waals surface area contributed by atoms with E-state index in [1.54, 1.807) is 19.1 Å². The summed E-state index contributed by atoms with van der Waals surface area (Å²) >= 11 is 0. The number of Topliss-reactive ketones (excluding diaryl/α,β-unsaturated/α-hetero) is 1. The van der Waals surface area contributed by atoms with Gasteiger partial charge in [-0.05, 0) is 24.1 Å². The van der Waals surface area contributed by atoms with Gasteiger partial charge >= 0.3 is 0 Å². The Hall–Kier alpha value is -2.00. The van der Waals surface area contributed by atoms with Gasteiger partial charge in [0.2, 0.25) is 11.8 Å². The van der Waals surface area contributed by atoms with Crippen molar-refractivity contribution < 1.29 is 25.7 Å². The molecule has 1 rings (SSSR count). The Kier molecular flexibility index (Phi) is 9.92. The zero-order valence-corrected chi connectivity index (χ0v) is 17.5. The van der Waals surface area contributed by atoms with Crippen molar-refractivity contribution in [2.75, 3.05) is 11.5 Å². The van der Waals surface area contributed by atoms with Crippen LogP contribution in [0.5, 0.6) is 5.75 Å². The Morgan fingerprint density at radius 1 is 1.25 bits per heavy atom. The van der Waals surface area contributed by atoms with Crippen LogP contribution in [0, 0.1) is 11.8 Å². The molecule has 0 radical (unpaired) electrons. The fourth-order valence-corrected chi connectivity index (χ4v) is 4.81. The lowest BCUT2D eigenvalue weighted by molar-refractivity contribution is -0.128. The first-order chi connectivity index (χ1) is 13.6. The number of aldehydes is 1. The molecule has 0 saturated carbocycles. The molecule has 0 bridgehead atoms. The van der Waals surface area contributed by atoms with E-state index in [1.165, 1.54) is 40.6 Å². The van der Waals surface area contributed by atoms with E-state index in [4.69, 9.17) is 7.10 Å². The topological polar surface area (TPSA) is 127 Å². The fraction of sp³-hybridized carbons (Fsp3) is 0.474. The summed E-state index contributed by atoms with van der Waals surface area (Å²) in [5, 5.41) is 11.7. The predicted molar refractivity (Wildman–Crippen MR) is 112 cm³/mol. The molecule has 3 atom stereocenters. The van der Waals surface area contributed by atoms with E-state index >= 15 is 0 Å². The number of aromatic hydroxyl groups is 1. The number of hydrogen-bond acceptors (Lipinski definition) is 7. The largest absolute Gasteiger partial charge is 0.508 e. The van der Waals surface area contributed by atoms with Crippen LogP contribution >= 0.6 is 21.6 Å². The van der Waals surface area contributed by atoms with Crippen LogP contribution in [-0.2, 0) is 25.6 Å². The molecule has 0 aliphatic carbocycles. The average Bonchev–Trinajstić information content (AvgIpc) is 2.64. The molecule has 154 valence electrons. The standard InChI is InChI=1S/C19H26N2O5S2/c1-12(10-27-28-11-16(9-22)21-13(2)23)18(25)8-15(19(20)26)7-14-3-5-17(24)6-4-14/h3-6,9,12,15-16,24H,7-8,10-11H2,1-2H3,(H2,20,26)(H,21,23)/t12-,15+,16+/m0/s1/i9D. The molecule has 0 unspecified atom stereocenters. The maximum absolute atomic E-state index is 12.5. The Balaban J connectivity index is 2.48. The molecule has 7 nitrogen and oxygen atoms in total. The van der Waals surface area contributed by atoms with Crippen molar-refractivity contribution in [3.05, 3.63) is 29.8 Å². The number of nitrogens with two attached hydrogens (primary N) is 1. The Morgan fingerprint density at radius 3 is 2.39 bits per heavy atom. The van der Waals surface area contributed by atoms with Gasteiger partial charge < -0.3 is 21.0 Å². The first kappa shape index (κ1) is 22.3. The van der Waals surface area contributed by atoms with E-state index in [9.17, 15) is 24.3 Å². The normalized spacial score (nSPS) is 14.4. The zero-order chi connectivity index (χ0) is 22.0. The Labute approximate surface area is 174 Å². The van der Waals surface area contributed by atoms with Crippen LogP contribution in [-0.4, -0.2) is 46.5 Å². The summed E-state index contributed by atoms with van der Waals surface area (Å²) in [5.41, 5.74) is 6.26. The van der Waals surface area contributed by atoms with Gasteiger partial charge in [-0.1, -0.05) is 40.6 Å². The molecular formula is C19H26N2O5S2. The van der Waals surface area contributed by atoms with Gasteiger partial charge in [-0.2, -0.15) is 0 Å². The van der Waals surface area contributed by atoms with E-state index in [0.717, 1.165) is 5.56 Å². The van der Waals surface area contributed by atoms with Gasteiger partial charge in [0.05, 0.1) is 6.04 Å². The molecule has 0 spiro atoms. The summed E-state index contributed by atoms with van der Waals surface area (Å²) in [4.78, 5) is 46.4. The van der Waals surface area contributed by atoms with Crippen LogP contribution in [0.4, 0.5) is 0 Å². The molecule has 1 aromatic rings. The Bertz CT molecular complexity index is 730. The maximum atomic E-state index is 12.5. The van der Waals surface area contributed by atoms with Gasteiger partial charge in [-0.3, -0.25) is 14.4 Å². The van der Waals surface area contributed by atoms with Crippen molar-refractivity contribution in [2.45, 2.75) is 32.7 Å². The number of rotatable bonds is 13. The van der Waals surface area contributed by atoms with E-state index in [0.29, 0.717) is 12.2 Å². The van der Waals surface area contributed by atoms with Crippen molar-refractivity contribution in [3.63, 3.8) is 0 Å². The highest BCUT2D eigenvalue weighted by Crippen LogP contribution is 2.26. The van der Waals surface area contributed by atoms with Crippen molar-refractivity contribution in [1.29, 1.82) is 0 Å². The molecule has 1 aromatic carbocycles. The number of carbonyl (C=O) groups is 4. The number of phenolic OH excluding ortho intramolecular Hbond substituents is 1. The highest BCUT2D eigenvalue weighted by Gasteiger charge is 2.23. The van der Waals surface area contributed by atoms with Gasteiger partial charge in [-0.15, -0.1) is 0 Å². The van der Waals surface area contributed by atoms with Crippen molar-refractivity contribution >= 4 is 45.4 Å². The molecule has 9 heteroatoms. The molecule has 0 aliphatic rings. The van der Waals surface area contributed by atoms with Crippen LogP contribution in [0.2, 0.25) is 0 Å². The predicted octanol–water partition coefficient (Wildman–Crippen LogP) is 1.72. The lowest BCUT2D eigenvalue weighted by Crippen LogP contribution is -2.36. The second-order valence-electron chi connectivity index (χ2n) is 6.48. The highest BCUT2D eigenvalue weighted by molar-refractivity contribution is 8.76. The number of primary amides is 1. The number of ketones is 1. The fourth-order valence-electron chi connectivity index (χ4n) is 2.34. The number of phenols is 1. The first-order valence-corrected chi connectivity index (χ1v) is 11.2. The molecule has 4 N–H and O–H groups in total. The number of nitrogens with one attached hydrogen (secondary N) is 1. The van der Waals surface area contributed by atoms with Gasteiger partial charge in [0.1, 0.15) is 19.2 Å². The third kappa shape index (κ3) is 9.27. The lowest BCUT2D eigenvalue weighted by atomic mass is 9.90. The number of amides is 2. The maximum Gasteiger partial charge on any atom is 0.221 e. The van der Waals surface area contributed by atoms with E-state index < -0.39 is 24.1 Å². The zero-order valence-electron chi connectivity index (χ0n) is 16.8. The average molecular weight is 428 g/mol. The van der Waals surface area contributed by atoms with E-state index in [-0.39, 0.29) is 35.5 Å². The SMILES string of the molecule is [2H]C(=O)[C@H](CSSC[C@H](C)C(=O)C[C@@H](Cc1ccc(O)cc1)C(N)=O)NC(C)=O. The number of hydrogen-bond donors (Lipinski definition) is 3. The molecule has 0 aromatic heterocycles. The summed E-state index contributed by atoms with van der Waals surface area (Å²) in [6, 6.07) is 5.53. The van der Waals surface area contributed by atoms with Crippen molar-refractivity contribution in [1.82, 2.24) is 5.32 Å².